The van der Waals surface area contributed by atoms with Gasteiger partial charge < -0.3 is 25.7 Å². The van der Waals surface area contributed by atoms with E-state index in [2.05, 4.69) is 10.6 Å². The Balaban J connectivity index is 1.61. The molecule has 0 aliphatic heterocycles. The predicted molar refractivity (Wildman–Crippen MR) is 156 cm³/mol. The fourth-order valence-corrected chi connectivity index (χ4v) is 4.40. The van der Waals surface area contributed by atoms with E-state index >= 15 is 0 Å². The van der Waals surface area contributed by atoms with Crippen LogP contribution in [0.3, 0.4) is 0 Å². The number of aliphatic carboxylic acids is 1. The van der Waals surface area contributed by atoms with Gasteiger partial charge in [0.1, 0.15) is 6.04 Å². The minimum absolute atomic E-state index is 0.0821. The predicted octanol–water partition coefficient (Wildman–Crippen LogP) is 5.17. The van der Waals surface area contributed by atoms with Gasteiger partial charge in [-0.15, -0.1) is 0 Å². The van der Waals surface area contributed by atoms with Gasteiger partial charge in [0, 0.05) is 31.6 Å². The Bertz CT molecular complexity index is 1270. The van der Waals surface area contributed by atoms with Gasteiger partial charge in [-0.25, -0.2) is 4.79 Å². The molecular weight excluding hydrogens is 522 g/mol. The molecule has 3 amide bonds. The van der Waals surface area contributed by atoms with E-state index in [1.807, 2.05) is 72.8 Å². The lowest BCUT2D eigenvalue weighted by molar-refractivity contribution is -0.137. The summed E-state index contributed by atoms with van der Waals surface area (Å²) in [4.78, 5) is 49.9. The van der Waals surface area contributed by atoms with Crippen LogP contribution in [0.5, 0.6) is 0 Å². The zero-order valence-electron chi connectivity index (χ0n) is 23.0. The highest BCUT2D eigenvalue weighted by Gasteiger charge is 2.22. The number of nitrogens with one attached hydrogen (secondary N) is 2. The molecule has 4 N–H and O–H groups in total. The summed E-state index contributed by atoms with van der Waals surface area (Å²) in [6.07, 6.45) is 1.43. The molecule has 0 heterocycles. The topological polar surface area (TPSA) is 136 Å². The molecule has 3 aromatic rings. The molecule has 9 nitrogen and oxygen atoms in total. The summed E-state index contributed by atoms with van der Waals surface area (Å²) in [5.74, 6) is -1.61. The van der Waals surface area contributed by atoms with Crippen molar-refractivity contribution in [2.75, 3.05) is 13.1 Å². The standard InChI is InChI=1S/C32H37N3O6/c36-29(37)16-8-3-9-21-33-31(39)28(15-10-22-35(32(40)41)23-24-11-4-1-5-12-24)34-30(38)27-19-17-26(18-20-27)25-13-6-2-7-14-25/h1-2,4-7,11-14,17-20,28H,3,8-10,15-16,21-23H2,(H,33,39)(H,34,38)(H,36,37)(H,40,41)/t28-/m0/s1. The fraction of sp³-hybridized carbons (Fsp3) is 0.312. The van der Waals surface area contributed by atoms with Gasteiger partial charge in [0.2, 0.25) is 5.91 Å². The number of nitrogens with zero attached hydrogens (tertiary/aromatic N) is 1. The molecule has 0 aliphatic rings. The molecule has 0 saturated heterocycles. The van der Waals surface area contributed by atoms with E-state index in [9.17, 15) is 24.3 Å². The molecule has 41 heavy (non-hydrogen) atoms. The Hall–Kier alpha value is -4.66. The number of carboxylic acid groups (broad SMARTS) is 2. The van der Waals surface area contributed by atoms with Crippen molar-refractivity contribution in [2.45, 2.75) is 51.1 Å². The van der Waals surface area contributed by atoms with Crippen molar-refractivity contribution >= 4 is 23.9 Å². The third kappa shape index (κ3) is 10.8. The van der Waals surface area contributed by atoms with Crippen LogP contribution in [0.2, 0.25) is 0 Å². The summed E-state index contributed by atoms with van der Waals surface area (Å²) >= 11 is 0. The van der Waals surface area contributed by atoms with Crippen LogP contribution < -0.4 is 10.6 Å². The van der Waals surface area contributed by atoms with Crippen molar-refractivity contribution in [1.82, 2.24) is 15.5 Å². The lowest BCUT2D eigenvalue weighted by Crippen LogP contribution is -2.47. The molecule has 1 atom stereocenters. The van der Waals surface area contributed by atoms with Gasteiger partial charge in [-0.3, -0.25) is 14.4 Å². The van der Waals surface area contributed by atoms with E-state index in [0.29, 0.717) is 37.8 Å². The first-order chi connectivity index (χ1) is 19.8. The number of carbonyl (C=O) groups excluding carboxylic acids is 2. The molecule has 0 unspecified atom stereocenters. The van der Waals surface area contributed by atoms with Gasteiger partial charge in [0.05, 0.1) is 0 Å². The molecular formula is C32H37N3O6. The molecule has 0 bridgehead atoms. The summed E-state index contributed by atoms with van der Waals surface area (Å²) in [5.41, 5.74) is 3.26. The maximum absolute atomic E-state index is 13.1. The van der Waals surface area contributed by atoms with E-state index in [1.165, 1.54) is 4.90 Å². The molecule has 3 aromatic carbocycles. The van der Waals surface area contributed by atoms with Crippen LogP contribution in [0, 0.1) is 0 Å². The van der Waals surface area contributed by atoms with Crippen LogP contribution in [-0.4, -0.2) is 58.1 Å². The van der Waals surface area contributed by atoms with Gasteiger partial charge in [-0.1, -0.05) is 79.2 Å². The van der Waals surface area contributed by atoms with Crippen molar-refractivity contribution in [3.63, 3.8) is 0 Å². The Morgan fingerprint density at radius 3 is 2.00 bits per heavy atom. The Morgan fingerprint density at radius 1 is 0.732 bits per heavy atom. The van der Waals surface area contributed by atoms with Crippen LogP contribution in [0.25, 0.3) is 11.1 Å². The van der Waals surface area contributed by atoms with Gasteiger partial charge >= 0.3 is 12.1 Å². The van der Waals surface area contributed by atoms with Crippen LogP contribution in [0.1, 0.15) is 54.4 Å². The van der Waals surface area contributed by atoms with E-state index in [1.54, 1.807) is 12.1 Å². The zero-order chi connectivity index (χ0) is 29.5. The van der Waals surface area contributed by atoms with E-state index in [-0.39, 0.29) is 31.8 Å². The Morgan fingerprint density at radius 2 is 1.37 bits per heavy atom. The first-order valence-electron chi connectivity index (χ1n) is 13.8. The van der Waals surface area contributed by atoms with Gasteiger partial charge in [0.25, 0.3) is 5.91 Å². The van der Waals surface area contributed by atoms with Gasteiger partial charge in [-0.05, 0) is 54.5 Å². The highest BCUT2D eigenvalue weighted by Crippen LogP contribution is 2.19. The summed E-state index contributed by atoms with van der Waals surface area (Å²) < 4.78 is 0. The average Bonchev–Trinajstić information content (AvgIpc) is 2.98. The summed E-state index contributed by atoms with van der Waals surface area (Å²) in [7, 11) is 0. The maximum atomic E-state index is 13.1. The third-order valence-corrected chi connectivity index (χ3v) is 6.65. The van der Waals surface area contributed by atoms with Gasteiger partial charge in [-0.2, -0.15) is 0 Å². The number of carbonyl (C=O) groups is 4. The number of benzene rings is 3. The Kier molecular flexibility index (Phi) is 12.4. The monoisotopic (exact) mass is 559 g/mol. The number of carboxylic acids is 1. The molecule has 216 valence electrons. The molecule has 0 aromatic heterocycles. The highest BCUT2D eigenvalue weighted by molar-refractivity contribution is 5.97. The van der Waals surface area contributed by atoms with Crippen molar-refractivity contribution < 1.29 is 29.4 Å². The number of amides is 3. The zero-order valence-corrected chi connectivity index (χ0v) is 23.0. The lowest BCUT2D eigenvalue weighted by atomic mass is 10.0. The number of unbranched alkanes of at least 4 members (excludes halogenated alkanes) is 2. The molecule has 0 saturated carbocycles. The quantitative estimate of drug-likeness (QED) is 0.179. The lowest BCUT2D eigenvalue weighted by Gasteiger charge is -2.22. The molecule has 0 radical (unpaired) electrons. The van der Waals surface area contributed by atoms with Crippen LogP contribution in [-0.2, 0) is 16.1 Å². The van der Waals surface area contributed by atoms with E-state index < -0.39 is 24.0 Å². The summed E-state index contributed by atoms with van der Waals surface area (Å²) in [6.45, 7) is 0.778. The highest BCUT2D eigenvalue weighted by atomic mass is 16.4. The second-order valence-electron chi connectivity index (χ2n) is 9.80. The van der Waals surface area contributed by atoms with Crippen molar-refractivity contribution in [3.8, 4) is 11.1 Å². The van der Waals surface area contributed by atoms with Crippen molar-refractivity contribution in [2.24, 2.45) is 0 Å². The molecule has 0 fully saturated rings. The molecule has 3 rings (SSSR count). The van der Waals surface area contributed by atoms with Gasteiger partial charge in [0.15, 0.2) is 0 Å². The fourth-order valence-electron chi connectivity index (χ4n) is 4.40. The second kappa shape index (κ2) is 16.4. The van der Waals surface area contributed by atoms with Crippen LogP contribution >= 0.6 is 0 Å². The smallest absolute Gasteiger partial charge is 0.407 e. The average molecular weight is 560 g/mol. The van der Waals surface area contributed by atoms with E-state index in [0.717, 1.165) is 16.7 Å². The maximum Gasteiger partial charge on any atom is 0.407 e. The Labute approximate surface area is 240 Å². The van der Waals surface area contributed by atoms with Crippen LogP contribution in [0.15, 0.2) is 84.9 Å². The minimum atomic E-state index is -1.06. The third-order valence-electron chi connectivity index (χ3n) is 6.65. The van der Waals surface area contributed by atoms with Crippen molar-refractivity contribution in [3.05, 3.63) is 96.1 Å². The number of hydrogen-bond donors (Lipinski definition) is 4. The number of rotatable bonds is 16. The second-order valence-corrected chi connectivity index (χ2v) is 9.80. The molecule has 0 aliphatic carbocycles. The normalized spacial score (nSPS) is 11.3. The van der Waals surface area contributed by atoms with E-state index in [4.69, 9.17) is 5.11 Å². The van der Waals surface area contributed by atoms with Crippen molar-refractivity contribution in [1.29, 1.82) is 0 Å². The largest absolute Gasteiger partial charge is 0.481 e. The first-order valence-corrected chi connectivity index (χ1v) is 13.8. The first kappa shape index (κ1) is 30.9. The molecule has 9 heteroatoms. The summed E-state index contributed by atoms with van der Waals surface area (Å²) in [5, 5.41) is 24.1. The minimum Gasteiger partial charge on any atom is -0.481 e. The number of hydrogen-bond acceptors (Lipinski definition) is 4. The van der Waals surface area contributed by atoms with Crippen LogP contribution in [0.4, 0.5) is 4.79 Å². The SMILES string of the molecule is O=C(O)CCCCCNC(=O)[C@H](CCCN(Cc1ccccc1)C(=O)O)NC(=O)c1ccc(-c2ccccc2)cc1. The summed E-state index contributed by atoms with van der Waals surface area (Å²) in [6, 6.07) is 25.3. The molecule has 0 spiro atoms.